The number of aliphatic carboxylic acids is 2. The Morgan fingerprint density at radius 1 is 1.31 bits per heavy atom. The summed E-state index contributed by atoms with van der Waals surface area (Å²) < 4.78 is 10.4. The van der Waals surface area contributed by atoms with Gasteiger partial charge in [0, 0.05) is 11.6 Å². The molecule has 0 unspecified atom stereocenters. The van der Waals surface area contributed by atoms with Crippen molar-refractivity contribution >= 4 is 52.2 Å². The van der Waals surface area contributed by atoms with Gasteiger partial charge in [0.15, 0.2) is 0 Å². The Balaban J connectivity index is 2.37. The predicted molar refractivity (Wildman–Crippen MR) is 98.2 cm³/mol. The van der Waals surface area contributed by atoms with Gasteiger partial charge >= 0.3 is 11.9 Å². The van der Waals surface area contributed by atoms with Gasteiger partial charge in [-0.15, -0.1) is 0 Å². The first-order valence-corrected chi connectivity index (χ1v) is 8.44. The quantitative estimate of drug-likeness (QED) is 0.525. The first-order chi connectivity index (χ1) is 12.3. The van der Waals surface area contributed by atoms with E-state index in [9.17, 15) is 19.5 Å². The number of thioether (sulfide) groups is 1. The zero-order valence-electron chi connectivity index (χ0n) is 13.8. The summed E-state index contributed by atoms with van der Waals surface area (Å²) in [5.41, 5.74) is 0.568. The third-order valence-electron chi connectivity index (χ3n) is 3.52. The second-order valence-electron chi connectivity index (χ2n) is 5.11. The molecule has 1 aromatic carbocycles. The van der Waals surface area contributed by atoms with E-state index in [0.717, 1.165) is 16.7 Å². The summed E-state index contributed by atoms with van der Waals surface area (Å²) in [5, 5.41) is 18.1. The van der Waals surface area contributed by atoms with Crippen molar-refractivity contribution in [1.82, 2.24) is 4.90 Å². The first kappa shape index (κ1) is 19.7. The van der Waals surface area contributed by atoms with Crippen LogP contribution >= 0.6 is 24.0 Å². The lowest BCUT2D eigenvalue weighted by Gasteiger charge is -2.21. The fraction of sp³-hybridized carbons (Fsp3) is 0.250. The fourth-order valence-corrected chi connectivity index (χ4v) is 3.63. The second kappa shape index (κ2) is 8.19. The average Bonchev–Trinajstić information content (AvgIpc) is 2.86. The molecule has 0 saturated carbocycles. The van der Waals surface area contributed by atoms with Gasteiger partial charge in [-0.1, -0.05) is 24.0 Å². The zero-order valence-corrected chi connectivity index (χ0v) is 15.4. The number of nitrogens with zero attached hydrogens (tertiary/aromatic N) is 1. The number of hydrogen-bond acceptors (Lipinski definition) is 7. The monoisotopic (exact) mass is 397 g/mol. The SMILES string of the molecule is COc1ccc(/C=C2/SC(=S)N([C@H](CC(=O)O)C(=O)O)C2=O)c(OC)c1. The molecule has 8 nitrogen and oxygen atoms in total. The van der Waals surface area contributed by atoms with Gasteiger partial charge < -0.3 is 19.7 Å². The molecule has 1 fully saturated rings. The van der Waals surface area contributed by atoms with Gasteiger partial charge in [-0.2, -0.15) is 0 Å². The highest BCUT2D eigenvalue weighted by Crippen LogP contribution is 2.36. The molecule has 1 saturated heterocycles. The largest absolute Gasteiger partial charge is 0.497 e. The predicted octanol–water partition coefficient (Wildman–Crippen LogP) is 1.83. The third kappa shape index (κ3) is 4.14. The minimum atomic E-state index is -1.57. The van der Waals surface area contributed by atoms with Gasteiger partial charge in [0.1, 0.15) is 21.9 Å². The number of hydrogen-bond donors (Lipinski definition) is 2. The van der Waals surface area contributed by atoms with Crippen molar-refractivity contribution in [3.8, 4) is 11.5 Å². The number of carbonyl (C=O) groups excluding carboxylic acids is 1. The second-order valence-corrected chi connectivity index (χ2v) is 6.79. The smallest absolute Gasteiger partial charge is 0.327 e. The molecule has 2 N–H and O–H groups in total. The summed E-state index contributed by atoms with van der Waals surface area (Å²) in [6, 6.07) is 3.43. The highest BCUT2D eigenvalue weighted by molar-refractivity contribution is 8.26. The number of methoxy groups -OCH3 is 2. The molecule has 1 amide bonds. The van der Waals surface area contributed by atoms with Crippen LogP contribution in [-0.4, -0.2) is 57.5 Å². The number of carbonyl (C=O) groups is 3. The molecule has 2 rings (SSSR count). The zero-order chi connectivity index (χ0) is 19.4. The molecule has 0 spiro atoms. The lowest BCUT2D eigenvalue weighted by Crippen LogP contribution is -2.45. The van der Waals surface area contributed by atoms with Crippen LogP contribution in [-0.2, 0) is 14.4 Å². The lowest BCUT2D eigenvalue weighted by molar-refractivity contribution is -0.150. The Morgan fingerprint density at radius 3 is 2.54 bits per heavy atom. The molecule has 1 atom stereocenters. The minimum Gasteiger partial charge on any atom is -0.497 e. The van der Waals surface area contributed by atoms with E-state index >= 15 is 0 Å². The molecule has 1 heterocycles. The van der Waals surface area contributed by atoms with Crippen LogP contribution in [0, 0.1) is 0 Å². The molecule has 0 aliphatic carbocycles. The topological polar surface area (TPSA) is 113 Å². The Bertz CT molecular complexity index is 806. The van der Waals surface area contributed by atoms with E-state index in [1.54, 1.807) is 18.2 Å². The maximum Gasteiger partial charge on any atom is 0.327 e. The van der Waals surface area contributed by atoms with Crippen LogP contribution in [0.25, 0.3) is 6.08 Å². The van der Waals surface area contributed by atoms with Crippen LogP contribution in [0.1, 0.15) is 12.0 Å². The third-order valence-corrected chi connectivity index (χ3v) is 4.85. The van der Waals surface area contributed by atoms with E-state index < -0.39 is 30.3 Å². The average molecular weight is 397 g/mol. The number of amides is 1. The van der Waals surface area contributed by atoms with E-state index in [1.807, 2.05) is 0 Å². The van der Waals surface area contributed by atoms with Crippen molar-refractivity contribution < 1.29 is 34.1 Å². The Labute approximate surface area is 158 Å². The van der Waals surface area contributed by atoms with E-state index in [2.05, 4.69) is 0 Å². The van der Waals surface area contributed by atoms with Gasteiger partial charge in [0.2, 0.25) is 0 Å². The van der Waals surface area contributed by atoms with Crippen LogP contribution in [0.2, 0.25) is 0 Å². The van der Waals surface area contributed by atoms with Gasteiger partial charge in [-0.25, -0.2) is 4.79 Å². The number of rotatable bonds is 7. The Morgan fingerprint density at radius 2 is 2.00 bits per heavy atom. The highest BCUT2D eigenvalue weighted by Gasteiger charge is 2.41. The molecule has 26 heavy (non-hydrogen) atoms. The van der Waals surface area contributed by atoms with Crippen molar-refractivity contribution in [1.29, 1.82) is 0 Å². The molecule has 0 radical (unpaired) electrons. The van der Waals surface area contributed by atoms with E-state index in [4.69, 9.17) is 26.8 Å². The molecule has 0 aromatic heterocycles. The molecule has 10 heteroatoms. The van der Waals surface area contributed by atoms with E-state index in [1.165, 1.54) is 20.3 Å². The minimum absolute atomic E-state index is 0.0117. The molecule has 0 bridgehead atoms. The van der Waals surface area contributed by atoms with Crippen LogP contribution in [0.4, 0.5) is 0 Å². The van der Waals surface area contributed by atoms with Crippen LogP contribution in [0.5, 0.6) is 11.5 Å². The Hall–Kier alpha value is -2.59. The number of carboxylic acids is 2. The van der Waals surface area contributed by atoms with Crippen LogP contribution in [0.3, 0.4) is 0 Å². The van der Waals surface area contributed by atoms with Gasteiger partial charge in [-0.3, -0.25) is 14.5 Å². The Kier molecular flexibility index (Phi) is 6.22. The van der Waals surface area contributed by atoms with Crippen LogP contribution < -0.4 is 9.47 Å². The molecular formula is C16H15NO7S2. The number of thiocarbonyl (C=S) groups is 1. The summed E-state index contributed by atoms with van der Waals surface area (Å²) in [7, 11) is 2.97. The summed E-state index contributed by atoms with van der Waals surface area (Å²) in [4.78, 5) is 35.9. The number of ether oxygens (including phenoxy) is 2. The summed E-state index contributed by atoms with van der Waals surface area (Å²) in [5.74, 6) is -2.42. The van der Waals surface area contributed by atoms with Gasteiger partial charge in [0.25, 0.3) is 5.91 Å². The van der Waals surface area contributed by atoms with Crippen molar-refractivity contribution in [2.75, 3.05) is 14.2 Å². The standard InChI is InChI=1S/C16H15NO7S2/c1-23-9-4-3-8(11(6-9)24-2)5-12-14(20)17(16(25)26-12)10(15(21)22)7-13(18)19/h3-6,10H,7H2,1-2H3,(H,18,19)(H,21,22)/b12-5+/t10-/m1/s1. The normalized spacial score (nSPS) is 16.7. The van der Waals surface area contributed by atoms with Gasteiger partial charge in [-0.05, 0) is 18.2 Å². The fourth-order valence-electron chi connectivity index (χ4n) is 2.28. The molecule has 1 aliphatic heterocycles. The summed E-state index contributed by atoms with van der Waals surface area (Å²) in [6.07, 6.45) is 0.762. The maximum atomic E-state index is 12.6. The van der Waals surface area contributed by atoms with Crippen molar-refractivity contribution in [3.05, 3.63) is 28.7 Å². The maximum absolute atomic E-state index is 12.6. The van der Waals surface area contributed by atoms with E-state index in [0.29, 0.717) is 17.1 Å². The lowest BCUT2D eigenvalue weighted by atomic mass is 10.1. The molecule has 138 valence electrons. The first-order valence-electron chi connectivity index (χ1n) is 7.22. The highest BCUT2D eigenvalue weighted by atomic mass is 32.2. The van der Waals surface area contributed by atoms with Crippen molar-refractivity contribution in [3.63, 3.8) is 0 Å². The summed E-state index contributed by atoms with van der Waals surface area (Å²) >= 11 is 5.98. The molecule has 1 aromatic rings. The summed E-state index contributed by atoms with van der Waals surface area (Å²) in [6.45, 7) is 0. The van der Waals surface area contributed by atoms with Crippen molar-refractivity contribution in [2.24, 2.45) is 0 Å². The number of carboxylic acid groups (broad SMARTS) is 2. The molecule has 1 aliphatic rings. The van der Waals surface area contributed by atoms with Crippen LogP contribution in [0.15, 0.2) is 23.1 Å². The van der Waals surface area contributed by atoms with E-state index in [-0.39, 0.29) is 9.23 Å². The van der Waals surface area contributed by atoms with Crippen molar-refractivity contribution in [2.45, 2.75) is 12.5 Å². The van der Waals surface area contributed by atoms with Gasteiger partial charge in [0.05, 0.1) is 25.5 Å². The number of benzene rings is 1. The molecular weight excluding hydrogens is 382 g/mol.